The molecule has 2 N–H and O–H groups in total. The average Bonchev–Trinajstić information content (AvgIpc) is 2.96. The number of halogens is 2. The van der Waals surface area contributed by atoms with Gasteiger partial charge in [0.25, 0.3) is 5.91 Å². The SMILES string of the molecule is CCOP(=O)(OCC)C(F)(F)c1ccc(CC(NC(=O)c2ccc(C#N)cc2)C(=O)NCc2ccccc2)cc1. The number of nitriles is 1. The molecular formula is C29H30F2N3O5P. The highest BCUT2D eigenvalue weighted by Gasteiger charge is 2.54. The Bertz CT molecular complexity index is 1370. The number of amides is 2. The number of nitrogens with zero attached hydrogens (tertiary/aromatic N) is 1. The summed E-state index contributed by atoms with van der Waals surface area (Å²) >= 11 is 0. The number of alkyl halides is 2. The number of carbonyl (C=O) groups is 2. The number of hydrogen-bond donors (Lipinski definition) is 2. The summed E-state index contributed by atoms with van der Waals surface area (Å²) < 4.78 is 52.7. The van der Waals surface area contributed by atoms with Crippen LogP contribution < -0.4 is 10.6 Å². The lowest BCUT2D eigenvalue weighted by molar-refractivity contribution is -0.123. The minimum Gasteiger partial charge on any atom is -0.350 e. The van der Waals surface area contributed by atoms with Gasteiger partial charge in [-0.15, -0.1) is 0 Å². The van der Waals surface area contributed by atoms with E-state index in [1.54, 1.807) is 0 Å². The highest BCUT2D eigenvalue weighted by atomic mass is 31.2. The van der Waals surface area contributed by atoms with Crippen molar-refractivity contribution in [2.45, 2.75) is 38.5 Å². The maximum Gasteiger partial charge on any atom is 0.404 e. The standard InChI is InChI=1S/C29H30F2N3O5P/c1-3-38-40(37,39-4-2)29(30,31)25-16-12-21(13-17-25)18-26(28(36)33-20-23-8-6-5-7-9-23)34-27(35)24-14-10-22(19-32)11-15-24/h5-17,26H,3-4,18,20H2,1-2H3,(H,33,36)(H,34,35). The van der Waals surface area contributed by atoms with E-state index in [9.17, 15) is 14.2 Å². The van der Waals surface area contributed by atoms with E-state index in [1.807, 2.05) is 36.4 Å². The molecule has 11 heteroatoms. The van der Waals surface area contributed by atoms with Crippen LogP contribution in [0.4, 0.5) is 8.78 Å². The molecule has 3 rings (SSSR count). The summed E-state index contributed by atoms with van der Waals surface area (Å²) in [7, 11) is -4.77. The van der Waals surface area contributed by atoms with Crippen molar-refractivity contribution in [2.24, 2.45) is 0 Å². The topological polar surface area (TPSA) is 118 Å². The van der Waals surface area contributed by atoms with Crippen molar-refractivity contribution in [2.75, 3.05) is 13.2 Å². The van der Waals surface area contributed by atoms with Crippen LogP contribution in [-0.2, 0) is 37.0 Å². The molecule has 8 nitrogen and oxygen atoms in total. The van der Waals surface area contributed by atoms with Crippen LogP contribution in [0.15, 0.2) is 78.9 Å². The summed E-state index contributed by atoms with van der Waals surface area (Å²) in [6.45, 7) is 2.67. The maximum atomic E-state index is 15.1. The van der Waals surface area contributed by atoms with Crippen LogP contribution >= 0.6 is 7.60 Å². The number of carbonyl (C=O) groups excluding carboxylic acids is 2. The van der Waals surface area contributed by atoms with Crippen LogP contribution in [0, 0.1) is 11.3 Å². The lowest BCUT2D eigenvalue weighted by atomic mass is 10.0. The van der Waals surface area contributed by atoms with Gasteiger partial charge in [0.2, 0.25) is 5.91 Å². The molecule has 3 aromatic rings. The second-order valence-corrected chi connectivity index (χ2v) is 10.8. The van der Waals surface area contributed by atoms with E-state index in [-0.39, 0.29) is 31.7 Å². The molecule has 0 saturated heterocycles. The largest absolute Gasteiger partial charge is 0.404 e. The molecule has 0 aliphatic carbocycles. The third-order valence-corrected chi connectivity index (χ3v) is 8.03. The summed E-state index contributed by atoms with van der Waals surface area (Å²) in [6, 6.07) is 21.0. The second kappa shape index (κ2) is 13.9. The number of hydrogen-bond acceptors (Lipinski definition) is 6. The number of rotatable bonds is 13. The Balaban J connectivity index is 1.81. The molecule has 0 bridgehead atoms. The molecule has 0 radical (unpaired) electrons. The molecule has 0 saturated carbocycles. The average molecular weight is 570 g/mol. The van der Waals surface area contributed by atoms with Crippen LogP contribution in [0.5, 0.6) is 0 Å². The van der Waals surface area contributed by atoms with Gasteiger partial charge in [-0.1, -0.05) is 54.6 Å². The van der Waals surface area contributed by atoms with Gasteiger partial charge in [0, 0.05) is 24.1 Å². The van der Waals surface area contributed by atoms with Crippen LogP contribution in [0.2, 0.25) is 0 Å². The first kappa shape index (κ1) is 30.6. The monoisotopic (exact) mass is 569 g/mol. The van der Waals surface area contributed by atoms with Gasteiger partial charge < -0.3 is 19.7 Å². The quantitative estimate of drug-likeness (QED) is 0.262. The minimum atomic E-state index is -4.77. The summed E-state index contributed by atoms with van der Waals surface area (Å²) in [5, 5.41) is 14.5. The Kier molecular flexibility index (Phi) is 10.7. The molecule has 1 unspecified atom stereocenters. The van der Waals surface area contributed by atoms with Crippen molar-refractivity contribution >= 4 is 19.4 Å². The molecule has 210 valence electrons. The third-order valence-electron chi connectivity index (χ3n) is 5.89. The maximum absolute atomic E-state index is 15.1. The first-order valence-electron chi connectivity index (χ1n) is 12.6. The number of nitrogens with one attached hydrogen (secondary N) is 2. The molecule has 40 heavy (non-hydrogen) atoms. The van der Waals surface area contributed by atoms with Crippen LogP contribution in [0.1, 0.15) is 46.5 Å². The summed E-state index contributed by atoms with van der Waals surface area (Å²) in [5.41, 5.74) is -2.50. The second-order valence-electron chi connectivity index (χ2n) is 8.69. The number of benzene rings is 3. The van der Waals surface area contributed by atoms with E-state index in [1.165, 1.54) is 50.2 Å². The lowest BCUT2D eigenvalue weighted by Gasteiger charge is -2.26. The molecule has 1 atom stereocenters. The molecule has 0 heterocycles. The van der Waals surface area contributed by atoms with Gasteiger partial charge in [-0.3, -0.25) is 14.2 Å². The highest BCUT2D eigenvalue weighted by molar-refractivity contribution is 7.54. The fourth-order valence-electron chi connectivity index (χ4n) is 3.83. The zero-order valence-electron chi connectivity index (χ0n) is 22.1. The smallest absolute Gasteiger partial charge is 0.350 e. The Morgan fingerprint density at radius 1 is 0.925 bits per heavy atom. The zero-order valence-corrected chi connectivity index (χ0v) is 23.0. The van der Waals surface area contributed by atoms with E-state index in [0.717, 1.165) is 17.7 Å². The molecule has 0 fully saturated rings. The van der Waals surface area contributed by atoms with E-state index >= 15 is 8.78 Å². The zero-order chi connectivity index (χ0) is 29.2. The van der Waals surface area contributed by atoms with Crippen molar-refractivity contribution in [3.05, 3.63) is 107 Å². The Morgan fingerprint density at radius 3 is 2.08 bits per heavy atom. The van der Waals surface area contributed by atoms with E-state index < -0.39 is 36.7 Å². The molecule has 0 aliphatic rings. The van der Waals surface area contributed by atoms with E-state index in [0.29, 0.717) is 11.1 Å². The van der Waals surface area contributed by atoms with Crippen LogP contribution in [-0.4, -0.2) is 31.1 Å². The fraction of sp³-hybridized carbons (Fsp3) is 0.276. The first-order chi connectivity index (χ1) is 19.1. The van der Waals surface area contributed by atoms with E-state index in [4.69, 9.17) is 14.3 Å². The van der Waals surface area contributed by atoms with Gasteiger partial charge in [-0.25, -0.2) is 0 Å². The van der Waals surface area contributed by atoms with Gasteiger partial charge >= 0.3 is 13.3 Å². The van der Waals surface area contributed by atoms with Gasteiger partial charge in [-0.2, -0.15) is 14.0 Å². The van der Waals surface area contributed by atoms with Crippen LogP contribution in [0.3, 0.4) is 0 Å². The summed E-state index contributed by atoms with van der Waals surface area (Å²) in [6.07, 6.45) is -0.0108. The predicted molar refractivity (Wildman–Crippen MR) is 146 cm³/mol. The van der Waals surface area contributed by atoms with Crippen molar-refractivity contribution in [3.8, 4) is 6.07 Å². The van der Waals surface area contributed by atoms with Crippen molar-refractivity contribution in [1.29, 1.82) is 5.26 Å². The molecule has 0 aliphatic heterocycles. The lowest BCUT2D eigenvalue weighted by Crippen LogP contribution is -2.47. The van der Waals surface area contributed by atoms with Gasteiger partial charge in [0.15, 0.2) is 0 Å². The van der Waals surface area contributed by atoms with Crippen molar-refractivity contribution in [3.63, 3.8) is 0 Å². The molecular weight excluding hydrogens is 539 g/mol. The van der Waals surface area contributed by atoms with Crippen LogP contribution in [0.25, 0.3) is 0 Å². The first-order valence-corrected chi connectivity index (χ1v) is 14.2. The normalized spacial score (nSPS) is 12.3. The highest BCUT2D eigenvalue weighted by Crippen LogP contribution is 2.66. The predicted octanol–water partition coefficient (Wildman–Crippen LogP) is 5.53. The Labute approximate surface area is 231 Å². The van der Waals surface area contributed by atoms with Gasteiger partial charge in [0.05, 0.1) is 24.8 Å². The molecule has 0 spiro atoms. The fourth-order valence-corrected chi connectivity index (χ4v) is 5.37. The molecule has 0 aromatic heterocycles. The van der Waals surface area contributed by atoms with Crippen molar-refractivity contribution < 1.29 is 32.0 Å². The molecule has 2 amide bonds. The van der Waals surface area contributed by atoms with E-state index in [2.05, 4.69) is 10.6 Å². The van der Waals surface area contributed by atoms with Gasteiger partial charge in [-0.05, 0) is 49.2 Å². The minimum absolute atomic E-state index is 0.0108. The Morgan fingerprint density at radius 2 is 1.52 bits per heavy atom. The summed E-state index contributed by atoms with van der Waals surface area (Å²) in [5.74, 6) is -1.01. The Hall–Kier alpha value is -3.90. The summed E-state index contributed by atoms with van der Waals surface area (Å²) in [4.78, 5) is 26.0. The third kappa shape index (κ3) is 7.60. The van der Waals surface area contributed by atoms with Gasteiger partial charge in [0.1, 0.15) is 6.04 Å². The molecule has 3 aromatic carbocycles. The van der Waals surface area contributed by atoms with Crippen molar-refractivity contribution in [1.82, 2.24) is 10.6 Å².